The molecular formula is C12H22N4O. The van der Waals surface area contributed by atoms with E-state index in [4.69, 9.17) is 5.73 Å². The fourth-order valence-electron chi connectivity index (χ4n) is 1.57. The summed E-state index contributed by atoms with van der Waals surface area (Å²) in [5, 5.41) is 0. The van der Waals surface area contributed by atoms with Crippen LogP contribution in [0.3, 0.4) is 0 Å². The minimum atomic E-state index is -0.106. The van der Waals surface area contributed by atoms with Crippen molar-refractivity contribution >= 4 is 5.82 Å². The molecule has 1 atom stereocenters. The Labute approximate surface area is 102 Å². The summed E-state index contributed by atoms with van der Waals surface area (Å²) in [4.78, 5) is 20.7. The smallest absolute Gasteiger partial charge is 0.252 e. The molecule has 0 aliphatic carbocycles. The molecule has 0 aromatic carbocycles. The lowest BCUT2D eigenvalue weighted by Gasteiger charge is -2.22. The van der Waals surface area contributed by atoms with Gasteiger partial charge in [-0.25, -0.2) is 4.98 Å². The Morgan fingerprint density at radius 2 is 2.12 bits per heavy atom. The van der Waals surface area contributed by atoms with E-state index in [1.54, 1.807) is 0 Å². The molecule has 0 aliphatic rings. The van der Waals surface area contributed by atoms with Crippen LogP contribution in [0.25, 0.3) is 0 Å². The fraction of sp³-hybridized carbons (Fsp3) is 0.667. The summed E-state index contributed by atoms with van der Waals surface area (Å²) in [5.41, 5.74) is 5.49. The molecule has 1 heterocycles. The Bertz CT molecular complexity index is 413. The van der Waals surface area contributed by atoms with Gasteiger partial charge in [0.2, 0.25) is 0 Å². The summed E-state index contributed by atoms with van der Waals surface area (Å²) in [6, 6.07) is 1.52. The van der Waals surface area contributed by atoms with Crippen LogP contribution in [0.15, 0.2) is 10.9 Å². The normalized spacial score (nSPS) is 12.8. The molecule has 0 spiro atoms. The van der Waals surface area contributed by atoms with Gasteiger partial charge >= 0.3 is 0 Å². The van der Waals surface area contributed by atoms with Gasteiger partial charge in [-0.3, -0.25) is 4.79 Å². The highest BCUT2D eigenvalue weighted by Gasteiger charge is 2.10. The summed E-state index contributed by atoms with van der Waals surface area (Å²) < 4.78 is 0. The second-order valence-corrected chi connectivity index (χ2v) is 4.86. The number of anilines is 1. The number of nitrogens with two attached hydrogens (primary N) is 1. The number of nitrogens with one attached hydrogen (secondary N) is 1. The fourth-order valence-corrected chi connectivity index (χ4v) is 1.57. The SMILES string of the molecule is CC(CN)CN(C)c1cc(=O)[nH]c(C(C)C)n1. The van der Waals surface area contributed by atoms with Crippen LogP contribution in [0.5, 0.6) is 0 Å². The van der Waals surface area contributed by atoms with Crippen molar-refractivity contribution < 1.29 is 0 Å². The van der Waals surface area contributed by atoms with E-state index in [2.05, 4.69) is 16.9 Å². The van der Waals surface area contributed by atoms with Crippen molar-refractivity contribution in [1.29, 1.82) is 0 Å². The van der Waals surface area contributed by atoms with Crippen LogP contribution in [0.1, 0.15) is 32.5 Å². The van der Waals surface area contributed by atoms with Crippen molar-refractivity contribution in [3.8, 4) is 0 Å². The second-order valence-electron chi connectivity index (χ2n) is 4.86. The van der Waals surface area contributed by atoms with Crippen LogP contribution in [-0.2, 0) is 0 Å². The van der Waals surface area contributed by atoms with Crippen LogP contribution >= 0.6 is 0 Å². The molecule has 0 radical (unpaired) electrons. The van der Waals surface area contributed by atoms with Crippen LogP contribution in [-0.4, -0.2) is 30.1 Å². The first-order chi connectivity index (χ1) is 7.93. The number of hydrogen-bond donors (Lipinski definition) is 2. The molecule has 1 rings (SSSR count). The van der Waals surface area contributed by atoms with E-state index >= 15 is 0 Å². The zero-order chi connectivity index (χ0) is 13.0. The van der Waals surface area contributed by atoms with E-state index in [0.29, 0.717) is 18.3 Å². The predicted molar refractivity (Wildman–Crippen MR) is 70.4 cm³/mol. The van der Waals surface area contributed by atoms with Gasteiger partial charge in [-0.2, -0.15) is 0 Å². The minimum absolute atomic E-state index is 0.106. The molecule has 0 bridgehead atoms. The highest BCUT2D eigenvalue weighted by atomic mass is 16.1. The van der Waals surface area contributed by atoms with Crippen LogP contribution in [0, 0.1) is 5.92 Å². The van der Waals surface area contributed by atoms with Gasteiger partial charge < -0.3 is 15.6 Å². The lowest BCUT2D eigenvalue weighted by Crippen LogP contribution is -2.30. The van der Waals surface area contributed by atoms with Gasteiger partial charge in [0.1, 0.15) is 11.6 Å². The summed E-state index contributed by atoms with van der Waals surface area (Å²) in [6.07, 6.45) is 0. The Hall–Kier alpha value is -1.36. The molecule has 0 amide bonds. The molecular weight excluding hydrogens is 216 g/mol. The molecule has 1 aromatic rings. The quantitative estimate of drug-likeness (QED) is 0.800. The van der Waals surface area contributed by atoms with Crippen molar-refractivity contribution in [2.45, 2.75) is 26.7 Å². The van der Waals surface area contributed by atoms with E-state index < -0.39 is 0 Å². The van der Waals surface area contributed by atoms with Gasteiger partial charge in [0.05, 0.1) is 0 Å². The van der Waals surface area contributed by atoms with Gasteiger partial charge in [0, 0.05) is 25.6 Å². The Morgan fingerprint density at radius 1 is 1.47 bits per heavy atom. The first kappa shape index (κ1) is 13.7. The van der Waals surface area contributed by atoms with Gasteiger partial charge in [-0.1, -0.05) is 20.8 Å². The topological polar surface area (TPSA) is 75.0 Å². The minimum Gasteiger partial charge on any atom is -0.359 e. The molecule has 5 nitrogen and oxygen atoms in total. The maximum absolute atomic E-state index is 11.5. The van der Waals surface area contributed by atoms with E-state index in [1.165, 1.54) is 6.07 Å². The molecule has 0 saturated carbocycles. The van der Waals surface area contributed by atoms with E-state index in [9.17, 15) is 4.79 Å². The Morgan fingerprint density at radius 3 is 2.65 bits per heavy atom. The van der Waals surface area contributed by atoms with Crippen molar-refractivity contribution in [3.63, 3.8) is 0 Å². The number of hydrogen-bond acceptors (Lipinski definition) is 4. The van der Waals surface area contributed by atoms with Gasteiger partial charge in [-0.05, 0) is 12.5 Å². The van der Waals surface area contributed by atoms with Crippen molar-refractivity contribution in [2.24, 2.45) is 11.7 Å². The van der Waals surface area contributed by atoms with Crippen LogP contribution < -0.4 is 16.2 Å². The van der Waals surface area contributed by atoms with Crippen LogP contribution in [0.2, 0.25) is 0 Å². The van der Waals surface area contributed by atoms with Crippen molar-refractivity contribution in [3.05, 3.63) is 22.2 Å². The third-order valence-electron chi connectivity index (χ3n) is 2.67. The Kier molecular flexibility index (Phi) is 4.69. The highest BCUT2D eigenvalue weighted by molar-refractivity contribution is 5.36. The third kappa shape index (κ3) is 3.85. The highest BCUT2D eigenvalue weighted by Crippen LogP contribution is 2.12. The summed E-state index contributed by atoms with van der Waals surface area (Å²) in [6.45, 7) is 7.51. The maximum atomic E-state index is 11.5. The number of H-pyrrole nitrogens is 1. The first-order valence-corrected chi connectivity index (χ1v) is 5.96. The van der Waals surface area contributed by atoms with Gasteiger partial charge in [0.25, 0.3) is 5.56 Å². The number of rotatable bonds is 5. The zero-order valence-electron chi connectivity index (χ0n) is 11.0. The monoisotopic (exact) mass is 238 g/mol. The molecule has 5 heteroatoms. The molecule has 0 saturated heterocycles. The molecule has 1 unspecified atom stereocenters. The molecule has 0 fully saturated rings. The largest absolute Gasteiger partial charge is 0.359 e. The maximum Gasteiger partial charge on any atom is 0.252 e. The lowest BCUT2D eigenvalue weighted by molar-refractivity contribution is 0.585. The van der Waals surface area contributed by atoms with Gasteiger partial charge in [0.15, 0.2) is 0 Å². The van der Waals surface area contributed by atoms with Crippen molar-refractivity contribution in [2.75, 3.05) is 25.0 Å². The number of aromatic nitrogens is 2. The third-order valence-corrected chi connectivity index (χ3v) is 2.67. The first-order valence-electron chi connectivity index (χ1n) is 5.96. The summed E-state index contributed by atoms with van der Waals surface area (Å²) in [7, 11) is 1.93. The van der Waals surface area contributed by atoms with Crippen LogP contribution in [0.4, 0.5) is 5.82 Å². The van der Waals surface area contributed by atoms with Gasteiger partial charge in [-0.15, -0.1) is 0 Å². The molecule has 17 heavy (non-hydrogen) atoms. The van der Waals surface area contributed by atoms with Crippen molar-refractivity contribution in [1.82, 2.24) is 9.97 Å². The number of aromatic amines is 1. The van der Waals surface area contributed by atoms with E-state index in [-0.39, 0.29) is 11.5 Å². The molecule has 0 aliphatic heterocycles. The molecule has 3 N–H and O–H groups in total. The average molecular weight is 238 g/mol. The summed E-state index contributed by atoms with van der Waals surface area (Å²) in [5.74, 6) is 2.02. The second kappa shape index (κ2) is 5.82. The summed E-state index contributed by atoms with van der Waals surface area (Å²) >= 11 is 0. The lowest BCUT2D eigenvalue weighted by atomic mass is 10.2. The molecule has 1 aromatic heterocycles. The zero-order valence-corrected chi connectivity index (χ0v) is 11.0. The number of nitrogens with zero attached hydrogens (tertiary/aromatic N) is 2. The van der Waals surface area contributed by atoms with E-state index in [0.717, 1.165) is 12.4 Å². The molecule has 96 valence electrons. The standard InChI is InChI=1S/C12H22N4O/c1-8(2)12-14-10(5-11(17)15-12)16(4)7-9(3)6-13/h5,8-9H,6-7,13H2,1-4H3,(H,14,15,17). The average Bonchev–Trinajstić information content (AvgIpc) is 2.27. The van der Waals surface area contributed by atoms with E-state index in [1.807, 2.05) is 25.8 Å². The Balaban J connectivity index is 2.93. The predicted octanol–water partition coefficient (Wildman–Crippen LogP) is 0.924.